The molecule has 0 bridgehead atoms. The fourth-order valence-electron chi connectivity index (χ4n) is 3.19. The van der Waals surface area contributed by atoms with Crippen LogP contribution in [0, 0.1) is 0 Å². The minimum absolute atomic E-state index is 0.127. The molecular weight excluding hydrogens is 356 g/mol. The summed E-state index contributed by atoms with van der Waals surface area (Å²) < 4.78 is 4.44. The lowest BCUT2D eigenvalue weighted by Gasteiger charge is -2.36. The molecule has 2 amide bonds. The smallest absolute Gasteiger partial charge is 0.407 e. The number of rotatable bonds is 6. The van der Waals surface area contributed by atoms with E-state index in [1.807, 2.05) is 30.3 Å². The Kier molecular flexibility index (Phi) is 6.86. The number of ether oxygens (including phenoxy) is 1. The summed E-state index contributed by atoms with van der Waals surface area (Å²) in [5.41, 5.74) is 3.19. The first-order valence-electron chi connectivity index (χ1n) is 9.37. The van der Waals surface area contributed by atoms with Crippen LogP contribution in [-0.4, -0.2) is 56.7 Å². The summed E-state index contributed by atoms with van der Waals surface area (Å²) in [7, 11) is 1.26. The van der Waals surface area contributed by atoms with Gasteiger partial charge in [-0.25, -0.2) is 4.79 Å². The molecule has 1 fully saturated rings. The number of piperazine rings is 1. The highest BCUT2D eigenvalue weighted by molar-refractivity contribution is 5.93. The Balaban J connectivity index is 1.45. The van der Waals surface area contributed by atoms with Gasteiger partial charge in [0.25, 0.3) is 0 Å². The van der Waals surface area contributed by atoms with E-state index in [2.05, 4.69) is 49.4 Å². The molecule has 0 spiro atoms. The van der Waals surface area contributed by atoms with Gasteiger partial charge in [-0.3, -0.25) is 9.69 Å². The molecule has 1 aliphatic heterocycles. The van der Waals surface area contributed by atoms with Crippen LogP contribution in [0.2, 0.25) is 0 Å². The first kappa shape index (κ1) is 19.7. The Morgan fingerprint density at radius 2 is 1.64 bits per heavy atom. The fraction of sp³-hybridized carbons (Fsp3) is 0.333. The van der Waals surface area contributed by atoms with E-state index in [0.717, 1.165) is 38.4 Å². The van der Waals surface area contributed by atoms with Crippen molar-refractivity contribution in [2.24, 2.45) is 0 Å². The molecule has 7 nitrogen and oxygen atoms in total. The highest BCUT2D eigenvalue weighted by Gasteiger charge is 2.17. The van der Waals surface area contributed by atoms with Gasteiger partial charge in [0.1, 0.15) is 6.54 Å². The van der Waals surface area contributed by atoms with Crippen molar-refractivity contribution in [2.75, 3.05) is 50.1 Å². The van der Waals surface area contributed by atoms with E-state index in [0.29, 0.717) is 5.69 Å². The summed E-state index contributed by atoms with van der Waals surface area (Å²) >= 11 is 0. The van der Waals surface area contributed by atoms with Crippen molar-refractivity contribution in [1.82, 2.24) is 10.2 Å². The number of benzene rings is 2. The zero-order chi connectivity index (χ0) is 19.8. The maximum atomic E-state index is 11.8. The van der Waals surface area contributed by atoms with Crippen LogP contribution in [-0.2, 0) is 16.1 Å². The average Bonchev–Trinajstić information content (AvgIpc) is 2.74. The van der Waals surface area contributed by atoms with Gasteiger partial charge in [0.15, 0.2) is 0 Å². The van der Waals surface area contributed by atoms with Crippen LogP contribution in [0.15, 0.2) is 54.6 Å². The molecule has 1 saturated heterocycles. The van der Waals surface area contributed by atoms with Crippen molar-refractivity contribution >= 4 is 23.4 Å². The lowest BCUT2D eigenvalue weighted by atomic mass is 10.2. The van der Waals surface area contributed by atoms with Gasteiger partial charge in [-0.1, -0.05) is 30.3 Å². The zero-order valence-electron chi connectivity index (χ0n) is 16.1. The van der Waals surface area contributed by atoms with Crippen LogP contribution < -0.4 is 15.5 Å². The van der Waals surface area contributed by atoms with Crippen LogP contribution in [0.5, 0.6) is 0 Å². The number of anilines is 2. The molecular formula is C21H26N4O3. The minimum Gasteiger partial charge on any atom is -0.453 e. The monoisotopic (exact) mass is 382 g/mol. The predicted octanol–water partition coefficient (Wildman–Crippen LogP) is 2.30. The molecule has 1 heterocycles. The molecule has 0 saturated carbocycles. The molecule has 0 atom stereocenters. The maximum absolute atomic E-state index is 11.8. The van der Waals surface area contributed by atoms with Crippen LogP contribution >= 0.6 is 0 Å². The summed E-state index contributed by atoms with van der Waals surface area (Å²) in [6, 6.07) is 18.3. The molecule has 2 N–H and O–H groups in total. The number of methoxy groups -OCH3 is 1. The molecule has 0 radical (unpaired) electrons. The van der Waals surface area contributed by atoms with Crippen molar-refractivity contribution in [3.63, 3.8) is 0 Å². The number of alkyl carbamates (subject to hydrolysis) is 1. The number of nitrogens with zero attached hydrogens (tertiary/aromatic N) is 2. The Morgan fingerprint density at radius 1 is 0.964 bits per heavy atom. The quantitative estimate of drug-likeness (QED) is 0.802. The first-order chi connectivity index (χ1) is 13.6. The van der Waals surface area contributed by atoms with E-state index >= 15 is 0 Å². The second-order valence-corrected chi connectivity index (χ2v) is 6.69. The highest BCUT2D eigenvalue weighted by atomic mass is 16.5. The highest BCUT2D eigenvalue weighted by Crippen LogP contribution is 2.20. The lowest BCUT2D eigenvalue weighted by molar-refractivity contribution is -0.115. The van der Waals surface area contributed by atoms with E-state index < -0.39 is 6.09 Å². The number of hydrogen-bond donors (Lipinski definition) is 2. The third-order valence-electron chi connectivity index (χ3n) is 4.72. The number of hydrogen-bond acceptors (Lipinski definition) is 5. The lowest BCUT2D eigenvalue weighted by Crippen LogP contribution is -2.45. The fourth-order valence-corrected chi connectivity index (χ4v) is 3.19. The summed E-state index contributed by atoms with van der Waals surface area (Å²) in [5, 5.41) is 5.10. The number of amides is 2. The summed E-state index contributed by atoms with van der Waals surface area (Å²) in [6.45, 7) is 4.85. The summed E-state index contributed by atoms with van der Waals surface area (Å²) in [5.74, 6) is -0.298. The second kappa shape index (κ2) is 9.75. The normalized spacial score (nSPS) is 14.4. The van der Waals surface area contributed by atoms with Crippen molar-refractivity contribution in [1.29, 1.82) is 0 Å². The average molecular weight is 382 g/mol. The van der Waals surface area contributed by atoms with Gasteiger partial charge in [-0.05, 0) is 29.8 Å². The molecule has 2 aromatic carbocycles. The van der Waals surface area contributed by atoms with Crippen LogP contribution in [0.25, 0.3) is 0 Å². The minimum atomic E-state index is -0.628. The third kappa shape index (κ3) is 5.72. The van der Waals surface area contributed by atoms with Crippen LogP contribution in [0.3, 0.4) is 0 Å². The topological polar surface area (TPSA) is 73.9 Å². The van der Waals surface area contributed by atoms with Crippen LogP contribution in [0.4, 0.5) is 16.2 Å². The molecule has 148 valence electrons. The third-order valence-corrected chi connectivity index (χ3v) is 4.72. The van der Waals surface area contributed by atoms with Crippen LogP contribution in [0.1, 0.15) is 5.56 Å². The van der Waals surface area contributed by atoms with Gasteiger partial charge >= 0.3 is 6.09 Å². The molecule has 0 aliphatic carbocycles. The Bertz CT molecular complexity index is 772. The van der Waals surface area contributed by atoms with Gasteiger partial charge in [-0.2, -0.15) is 0 Å². The zero-order valence-corrected chi connectivity index (χ0v) is 16.1. The molecule has 3 rings (SSSR count). The van der Waals surface area contributed by atoms with E-state index in [4.69, 9.17) is 0 Å². The second-order valence-electron chi connectivity index (χ2n) is 6.69. The first-order valence-corrected chi connectivity index (χ1v) is 9.37. The Hall–Kier alpha value is -3.06. The van der Waals surface area contributed by atoms with Gasteiger partial charge < -0.3 is 20.3 Å². The maximum Gasteiger partial charge on any atom is 0.407 e. The number of carbonyl (C=O) groups excluding carboxylic acids is 2. The molecule has 28 heavy (non-hydrogen) atoms. The molecule has 1 aliphatic rings. The Morgan fingerprint density at radius 3 is 2.29 bits per heavy atom. The Labute approximate surface area is 165 Å². The van der Waals surface area contributed by atoms with Crippen molar-refractivity contribution < 1.29 is 14.3 Å². The molecule has 7 heteroatoms. The molecule has 2 aromatic rings. The molecule has 0 unspecified atom stereocenters. The SMILES string of the molecule is COC(=O)NCC(=O)Nc1ccc(N2CCN(Cc3ccccc3)CC2)cc1. The van der Waals surface area contributed by atoms with E-state index in [9.17, 15) is 9.59 Å². The summed E-state index contributed by atoms with van der Waals surface area (Å²) in [6.07, 6.45) is -0.628. The van der Waals surface area contributed by atoms with Crippen molar-refractivity contribution in [2.45, 2.75) is 6.54 Å². The van der Waals surface area contributed by atoms with Crippen molar-refractivity contribution in [3.05, 3.63) is 60.2 Å². The van der Waals surface area contributed by atoms with Gasteiger partial charge in [0.05, 0.1) is 7.11 Å². The largest absolute Gasteiger partial charge is 0.453 e. The number of nitrogens with one attached hydrogen (secondary N) is 2. The predicted molar refractivity (Wildman–Crippen MR) is 109 cm³/mol. The van der Waals surface area contributed by atoms with E-state index in [1.54, 1.807) is 0 Å². The van der Waals surface area contributed by atoms with E-state index in [1.165, 1.54) is 12.7 Å². The summed E-state index contributed by atoms with van der Waals surface area (Å²) in [4.78, 5) is 27.6. The van der Waals surface area contributed by atoms with Crippen molar-refractivity contribution in [3.8, 4) is 0 Å². The van der Waals surface area contributed by atoms with Gasteiger partial charge in [0.2, 0.25) is 5.91 Å². The van der Waals surface area contributed by atoms with Gasteiger partial charge in [-0.15, -0.1) is 0 Å². The number of carbonyl (C=O) groups is 2. The van der Waals surface area contributed by atoms with Gasteiger partial charge in [0, 0.05) is 44.1 Å². The molecule has 0 aromatic heterocycles. The standard InChI is InChI=1S/C21H26N4O3/c1-28-21(27)22-15-20(26)23-18-7-9-19(10-8-18)25-13-11-24(12-14-25)16-17-5-3-2-4-6-17/h2-10H,11-16H2,1H3,(H,22,27)(H,23,26). The van der Waals surface area contributed by atoms with E-state index in [-0.39, 0.29) is 12.5 Å².